The summed E-state index contributed by atoms with van der Waals surface area (Å²) in [5.74, 6) is 0. The molecule has 0 aliphatic rings. The number of hydrogen-bond acceptors (Lipinski definition) is 3. The molecule has 0 aliphatic carbocycles. The highest BCUT2D eigenvalue weighted by atomic mass is 31.2. The number of aliphatic hydroxyl groups is 2. The molecule has 0 aromatic carbocycles. The molecule has 0 rings (SSSR count). The summed E-state index contributed by atoms with van der Waals surface area (Å²) in [5, 5.41) is 17.3. The van der Waals surface area contributed by atoms with Gasteiger partial charge in [-0.25, -0.2) is 0 Å². The molecule has 74 valence electrons. The Kier molecular flexibility index (Phi) is 6.73. The van der Waals surface area contributed by atoms with Crippen molar-refractivity contribution >= 4 is 7.14 Å². The van der Waals surface area contributed by atoms with Gasteiger partial charge in [0.25, 0.3) is 0 Å². The number of hydrogen-bond donors (Lipinski definition) is 2. The maximum absolute atomic E-state index is 11.9. The van der Waals surface area contributed by atoms with Crippen molar-refractivity contribution < 1.29 is 14.8 Å². The van der Waals surface area contributed by atoms with Gasteiger partial charge in [-0.3, -0.25) is 0 Å². The van der Waals surface area contributed by atoms with Crippen molar-refractivity contribution in [3.63, 3.8) is 0 Å². The summed E-state index contributed by atoms with van der Waals surface area (Å²) in [6.07, 6.45) is 3.35. The molecule has 0 spiro atoms. The lowest BCUT2D eigenvalue weighted by Crippen LogP contribution is -2.06. The van der Waals surface area contributed by atoms with E-state index in [-0.39, 0.29) is 13.2 Å². The molecule has 0 bridgehead atoms. The van der Waals surface area contributed by atoms with Crippen LogP contribution < -0.4 is 0 Å². The second-order valence-electron chi connectivity index (χ2n) is 3.03. The Bertz CT molecular complexity index is 137. The third-order valence-corrected chi connectivity index (χ3v) is 5.10. The average molecular weight is 194 g/mol. The van der Waals surface area contributed by atoms with Crippen molar-refractivity contribution in [2.24, 2.45) is 0 Å². The van der Waals surface area contributed by atoms with E-state index in [1.807, 2.05) is 6.92 Å². The molecule has 0 aliphatic heterocycles. The van der Waals surface area contributed by atoms with E-state index in [4.69, 9.17) is 10.2 Å². The topological polar surface area (TPSA) is 57.5 Å². The zero-order chi connectivity index (χ0) is 9.45. The Morgan fingerprint density at radius 3 is 1.92 bits per heavy atom. The van der Waals surface area contributed by atoms with Crippen molar-refractivity contribution in [3.05, 3.63) is 0 Å². The average Bonchev–Trinajstić information content (AvgIpc) is 2.02. The van der Waals surface area contributed by atoms with Gasteiger partial charge in [-0.05, 0) is 6.42 Å². The van der Waals surface area contributed by atoms with E-state index in [0.29, 0.717) is 18.5 Å². The van der Waals surface area contributed by atoms with E-state index in [2.05, 4.69) is 0 Å². The Hall–Kier alpha value is 0.150. The molecule has 0 heterocycles. The number of rotatable bonds is 7. The van der Waals surface area contributed by atoms with E-state index >= 15 is 0 Å². The fraction of sp³-hybridized carbons (Fsp3) is 1.00. The summed E-state index contributed by atoms with van der Waals surface area (Å²) < 4.78 is 11.9. The van der Waals surface area contributed by atoms with Gasteiger partial charge in [-0.2, -0.15) is 0 Å². The van der Waals surface area contributed by atoms with Gasteiger partial charge in [-0.1, -0.05) is 13.3 Å². The molecule has 0 unspecified atom stereocenters. The van der Waals surface area contributed by atoms with Crippen LogP contribution in [0.4, 0.5) is 0 Å². The molecule has 4 heteroatoms. The highest BCUT2D eigenvalue weighted by molar-refractivity contribution is 7.63. The standard InChI is InChI=1S/C8H19O3P/c1-2-3-6-12(11,7-4-9)8-5-10/h9-10H,2-8H2,1H3. The van der Waals surface area contributed by atoms with Gasteiger partial charge < -0.3 is 14.8 Å². The largest absolute Gasteiger partial charge is 0.396 e. The van der Waals surface area contributed by atoms with Crippen molar-refractivity contribution in [2.75, 3.05) is 31.7 Å². The minimum absolute atomic E-state index is 0.0268. The predicted molar refractivity (Wildman–Crippen MR) is 51.3 cm³/mol. The summed E-state index contributed by atoms with van der Waals surface area (Å²) in [5.41, 5.74) is 0. The molecule has 0 saturated carbocycles. The van der Waals surface area contributed by atoms with E-state index < -0.39 is 7.14 Å². The third kappa shape index (κ3) is 4.91. The minimum atomic E-state index is -2.24. The highest BCUT2D eigenvalue weighted by Crippen LogP contribution is 2.45. The summed E-state index contributed by atoms with van der Waals surface area (Å²) in [4.78, 5) is 0. The van der Waals surface area contributed by atoms with Crippen LogP contribution in [0.3, 0.4) is 0 Å². The maximum atomic E-state index is 11.9. The first-order valence-electron chi connectivity index (χ1n) is 4.47. The van der Waals surface area contributed by atoms with Gasteiger partial charge in [0.2, 0.25) is 0 Å². The molecule has 0 aromatic heterocycles. The van der Waals surface area contributed by atoms with Gasteiger partial charge in [-0.15, -0.1) is 0 Å². The maximum Gasteiger partial charge on any atom is 0.0922 e. The normalized spacial score (nSPS) is 11.9. The van der Waals surface area contributed by atoms with Crippen LogP contribution in [-0.2, 0) is 4.57 Å². The fourth-order valence-electron chi connectivity index (χ4n) is 1.15. The Morgan fingerprint density at radius 2 is 1.58 bits per heavy atom. The molecular formula is C8H19O3P. The third-order valence-electron chi connectivity index (χ3n) is 1.93. The Morgan fingerprint density at radius 1 is 1.08 bits per heavy atom. The zero-order valence-electron chi connectivity index (χ0n) is 7.70. The van der Waals surface area contributed by atoms with E-state index in [0.717, 1.165) is 12.8 Å². The number of unbranched alkanes of at least 4 members (excludes halogenated alkanes) is 1. The predicted octanol–water partition coefficient (Wildman–Crippen LogP) is 1.13. The summed E-state index contributed by atoms with van der Waals surface area (Å²) in [6, 6.07) is 0. The first kappa shape index (κ1) is 12.2. The molecule has 0 aromatic rings. The van der Waals surface area contributed by atoms with Crippen LogP contribution in [0.25, 0.3) is 0 Å². The first-order valence-corrected chi connectivity index (χ1v) is 6.73. The summed E-state index contributed by atoms with van der Waals surface area (Å²) in [7, 11) is -2.24. The van der Waals surface area contributed by atoms with Crippen LogP contribution in [0, 0.1) is 0 Å². The molecule has 12 heavy (non-hydrogen) atoms. The monoisotopic (exact) mass is 194 g/mol. The summed E-state index contributed by atoms with van der Waals surface area (Å²) in [6.45, 7) is 1.99. The second-order valence-corrected chi connectivity index (χ2v) is 6.49. The molecule has 0 radical (unpaired) electrons. The van der Waals surface area contributed by atoms with E-state index in [9.17, 15) is 4.57 Å². The van der Waals surface area contributed by atoms with Crippen molar-refractivity contribution in [3.8, 4) is 0 Å². The van der Waals surface area contributed by atoms with Crippen molar-refractivity contribution in [2.45, 2.75) is 19.8 Å². The molecule has 0 fully saturated rings. The molecular weight excluding hydrogens is 175 g/mol. The highest BCUT2D eigenvalue weighted by Gasteiger charge is 2.19. The van der Waals surface area contributed by atoms with E-state index in [1.54, 1.807) is 0 Å². The minimum Gasteiger partial charge on any atom is -0.396 e. The van der Waals surface area contributed by atoms with Crippen LogP contribution in [-0.4, -0.2) is 41.9 Å². The second kappa shape index (κ2) is 6.64. The van der Waals surface area contributed by atoms with Crippen LogP contribution in [0.2, 0.25) is 0 Å². The zero-order valence-corrected chi connectivity index (χ0v) is 8.59. The van der Waals surface area contributed by atoms with Crippen LogP contribution in [0.5, 0.6) is 0 Å². The Balaban J connectivity index is 3.90. The fourth-order valence-corrected chi connectivity index (χ4v) is 3.44. The van der Waals surface area contributed by atoms with Gasteiger partial charge in [0.1, 0.15) is 0 Å². The van der Waals surface area contributed by atoms with Crippen LogP contribution in [0.1, 0.15) is 19.8 Å². The Labute approximate surface area is 74.2 Å². The lowest BCUT2D eigenvalue weighted by atomic mass is 10.4. The van der Waals surface area contributed by atoms with Crippen molar-refractivity contribution in [1.29, 1.82) is 0 Å². The smallest absolute Gasteiger partial charge is 0.0922 e. The van der Waals surface area contributed by atoms with Crippen LogP contribution >= 0.6 is 7.14 Å². The lowest BCUT2D eigenvalue weighted by Gasteiger charge is -2.15. The molecule has 0 saturated heterocycles. The van der Waals surface area contributed by atoms with Gasteiger partial charge in [0, 0.05) is 31.7 Å². The molecule has 2 N–H and O–H groups in total. The van der Waals surface area contributed by atoms with Gasteiger partial charge in [0.15, 0.2) is 0 Å². The summed E-state index contributed by atoms with van der Waals surface area (Å²) >= 11 is 0. The van der Waals surface area contributed by atoms with Crippen LogP contribution in [0.15, 0.2) is 0 Å². The van der Waals surface area contributed by atoms with Gasteiger partial charge in [0.05, 0.1) is 7.14 Å². The molecule has 3 nitrogen and oxygen atoms in total. The quantitative estimate of drug-likeness (QED) is 0.597. The molecule has 0 atom stereocenters. The SMILES string of the molecule is CCCCP(=O)(CCO)CCO. The lowest BCUT2D eigenvalue weighted by molar-refractivity contribution is 0.311. The van der Waals surface area contributed by atoms with Gasteiger partial charge >= 0.3 is 0 Å². The molecule has 0 amide bonds. The number of aliphatic hydroxyl groups excluding tert-OH is 2. The van der Waals surface area contributed by atoms with E-state index in [1.165, 1.54) is 0 Å². The van der Waals surface area contributed by atoms with Crippen molar-refractivity contribution in [1.82, 2.24) is 0 Å². The first-order chi connectivity index (χ1) is 5.68.